The van der Waals surface area contributed by atoms with E-state index in [-0.39, 0.29) is 23.4 Å². The fraction of sp³-hybridized carbons (Fsp3) is 0.591. The van der Waals surface area contributed by atoms with Crippen molar-refractivity contribution in [3.8, 4) is 0 Å². The van der Waals surface area contributed by atoms with Crippen molar-refractivity contribution in [3.05, 3.63) is 48.0 Å². The van der Waals surface area contributed by atoms with Gasteiger partial charge in [0.2, 0.25) is 0 Å². The third-order valence-electron chi connectivity index (χ3n) is 6.86. The van der Waals surface area contributed by atoms with Gasteiger partial charge in [0.15, 0.2) is 0 Å². The third kappa shape index (κ3) is 3.15. The number of fused-ring (bicyclic) bond motifs is 2. The van der Waals surface area contributed by atoms with Gasteiger partial charge in [-0.1, -0.05) is 49.4 Å². The number of allylic oxidation sites excluding steroid dienone is 1. The van der Waals surface area contributed by atoms with Crippen LogP contribution in [0, 0.1) is 23.2 Å². The van der Waals surface area contributed by atoms with Gasteiger partial charge >= 0.3 is 5.97 Å². The monoisotopic (exact) mass is 339 g/mol. The van der Waals surface area contributed by atoms with Crippen LogP contribution in [0.3, 0.4) is 0 Å². The molecule has 3 fully saturated rings. The van der Waals surface area contributed by atoms with Crippen LogP contribution in [0.15, 0.2) is 42.5 Å². The van der Waals surface area contributed by atoms with Crippen molar-refractivity contribution in [1.29, 1.82) is 0 Å². The van der Waals surface area contributed by atoms with Crippen molar-refractivity contribution >= 4 is 5.97 Å². The molecule has 1 aromatic rings. The largest absolute Gasteiger partial charge is 0.462 e. The number of rotatable bonds is 4. The molecular weight excluding hydrogens is 310 g/mol. The van der Waals surface area contributed by atoms with Crippen LogP contribution < -0.4 is 5.32 Å². The SMILES string of the molecule is C=C1CCC[C@]2(C)C[C@H]3OC(=O)[C@@H](CNCc4ccccc4)[C@H]3C[C@@H]12. The first-order valence-electron chi connectivity index (χ1n) is 9.70. The first-order valence-corrected chi connectivity index (χ1v) is 9.70. The zero-order valence-electron chi connectivity index (χ0n) is 15.2. The highest BCUT2D eigenvalue weighted by Gasteiger charge is 2.54. The molecule has 0 spiro atoms. The van der Waals surface area contributed by atoms with E-state index in [1.54, 1.807) is 0 Å². The maximum absolute atomic E-state index is 12.5. The van der Waals surface area contributed by atoms with E-state index < -0.39 is 0 Å². The maximum atomic E-state index is 12.5. The van der Waals surface area contributed by atoms with Crippen LogP contribution in [-0.2, 0) is 16.1 Å². The number of ether oxygens (including phenoxy) is 1. The lowest BCUT2D eigenvalue weighted by Crippen LogP contribution is -2.45. The molecular formula is C22H29NO2. The number of carbonyl (C=O) groups excluding carboxylic acids is 1. The predicted molar refractivity (Wildman–Crippen MR) is 98.8 cm³/mol. The molecule has 0 radical (unpaired) electrons. The first-order chi connectivity index (χ1) is 12.1. The summed E-state index contributed by atoms with van der Waals surface area (Å²) in [6.07, 6.45) is 5.84. The zero-order chi connectivity index (χ0) is 17.4. The second kappa shape index (κ2) is 6.60. The first kappa shape index (κ1) is 16.8. The van der Waals surface area contributed by atoms with Crippen molar-refractivity contribution in [2.24, 2.45) is 23.2 Å². The summed E-state index contributed by atoms with van der Waals surface area (Å²) in [6, 6.07) is 10.3. The number of esters is 1. The van der Waals surface area contributed by atoms with Crippen molar-refractivity contribution in [1.82, 2.24) is 5.32 Å². The minimum absolute atomic E-state index is 0.00317. The second-order valence-corrected chi connectivity index (χ2v) is 8.52. The fourth-order valence-corrected chi connectivity index (χ4v) is 5.46. The zero-order valence-corrected chi connectivity index (χ0v) is 15.2. The molecule has 134 valence electrons. The molecule has 25 heavy (non-hydrogen) atoms. The normalized spacial score (nSPS) is 37.3. The Hall–Kier alpha value is -1.61. The molecule has 1 aromatic carbocycles. The summed E-state index contributed by atoms with van der Waals surface area (Å²) in [5.41, 5.74) is 2.94. The Morgan fingerprint density at radius 3 is 2.92 bits per heavy atom. The van der Waals surface area contributed by atoms with Crippen LogP contribution in [0.2, 0.25) is 0 Å². The van der Waals surface area contributed by atoms with Gasteiger partial charge in [-0.25, -0.2) is 0 Å². The van der Waals surface area contributed by atoms with Gasteiger partial charge in [-0.05, 0) is 49.0 Å². The van der Waals surface area contributed by atoms with Crippen molar-refractivity contribution in [2.75, 3.05) is 6.54 Å². The Morgan fingerprint density at radius 1 is 1.32 bits per heavy atom. The molecule has 0 amide bonds. The molecule has 3 aliphatic rings. The van der Waals surface area contributed by atoms with Gasteiger partial charge in [-0.15, -0.1) is 0 Å². The van der Waals surface area contributed by atoms with Gasteiger partial charge in [0.1, 0.15) is 6.10 Å². The number of hydrogen-bond donors (Lipinski definition) is 1. The summed E-state index contributed by atoms with van der Waals surface area (Å²) in [4.78, 5) is 12.5. The predicted octanol–water partition coefficient (Wildman–Crippen LogP) is 4.09. The molecule has 1 saturated heterocycles. The van der Waals surface area contributed by atoms with E-state index in [9.17, 15) is 4.79 Å². The van der Waals surface area contributed by atoms with E-state index in [0.717, 1.165) is 25.8 Å². The molecule has 1 heterocycles. The van der Waals surface area contributed by atoms with Gasteiger partial charge in [0.05, 0.1) is 5.92 Å². The van der Waals surface area contributed by atoms with E-state index in [4.69, 9.17) is 4.74 Å². The Balaban J connectivity index is 1.42. The summed E-state index contributed by atoms with van der Waals surface area (Å²) < 4.78 is 5.82. The summed E-state index contributed by atoms with van der Waals surface area (Å²) in [7, 11) is 0. The standard InChI is InChI=1S/C22H29NO2/c1-15-7-6-10-22(2)12-20-17(11-19(15)22)18(21(24)25-20)14-23-13-16-8-4-3-5-9-16/h3-5,8-9,17-20,23H,1,6-7,10-14H2,2H3/t17-,18+,19+,20-,22-/m1/s1. The van der Waals surface area contributed by atoms with Crippen LogP contribution in [-0.4, -0.2) is 18.6 Å². The topological polar surface area (TPSA) is 38.3 Å². The van der Waals surface area contributed by atoms with Crippen LogP contribution in [0.5, 0.6) is 0 Å². The minimum Gasteiger partial charge on any atom is -0.462 e. The highest BCUT2D eigenvalue weighted by molar-refractivity contribution is 5.75. The number of carbonyl (C=O) groups is 1. The lowest BCUT2D eigenvalue weighted by Gasteiger charge is -2.50. The van der Waals surface area contributed by atoms with E-state index in [1.807, 2.05) is 18.2 Å². The number of nitrogens with one attached hydrogen (secondary N) is 1. The molecule has 4 rings (SSSR count). The molecule has 1 aliphatic heterocycles. The number of hydrogen-bond acceptors (Lipinski definition) is 3. The quantitative estimate of drug-likeness (QED) is 0.663. The Morgan fingerprint density at radius 2 is 2.12 bits per heavy atom. The van der Waals surface area contributed by atoms with Crippen molar-refractivity contribution in [3.63, 3.8) is 0 Å². The van der Waals surface area contributed by atoms with Gasteiger partial charge < -0.3 is 10.1 Å². The molecule has 3 heteroatoms. The van der Waals surface area contributed by atoms with E-state index in [1.165, 1.54) is 24.0 Å². The molecule has 2 aliphatic carbocycles. The molecule has 1 N–H and O–H groups in total. The summed E-state index contributed by atoms with van der Waals surface area (Å²) >= 11 is 0. The van der Waals surface area contributed by atoms with Crippen LogP contribution >= 0.6 is 0 Å². The summed E-state index contributed by atoms with van der Waals surface area (Å²) in [5, 5.41) is 3.48. The molecule has 2 saturated carbocycles. The molecule has 0 bridgehead atoms. The molecule has 0 aromatic heterocycles. The van der Waals surface area contributed by atoms with Crippen LogP contribution in [0.1, 0.15) is 44.6 Å². The highest BCUT2D eigenvalue weighted by Crippen LogP contribution is 2.56. The Labute approximate surface area is 150 Å². The van der Waals surface area contributed by atoms with Gasteiger partial charge in [-0.3, -0.25) is 4.79 Å². The van der Waals surface area contributed by atoms with E-state index in [2.05, 4.69) is 31.0 Å². The lowest BCUT2D eigenvalue weighted by atomic mass is 9.55. The average Bonchev–Trinajstić information content (AvgIpc) is 2.88. The average molecular weight is 339 g/mol. The third-order valence-corrected chi connectivity index (χ3v) is 6.86. The van der Waals surface area contributed by atoms with Gasteiger partial charge in [0.25, 0.3) is 0 Å². The summed E-state index contributed by atoms with van der Waals surface area (Å²) in [6.45, 7) is 8.26. The Bertz CT molecular complexity index is 655. The minimum atomic E-state index is -0.00649. The summed E-state index contributed by atoms with van der Waals surface area (Å²) in [5.74, 6) is 0.911. The lowest BCUT2D eigenvalue weighted by molar-refractivity contribution is -0.146. The van der Waals surface area contributed by atoms with Crippen molar-refractivity contribution < 1.29 is 9.53 Å². The second-order valence-electron chi connectivity index (χ2n) is 8.52. The van der Waals surface area contributed by atoms with Crippen LogP contribution in [0.25, 0.3) is 0 Å². The van der Waals surface area contributed by atoms with Gasteiger partial charge in [-0.2, -0.15) is 0 Å². The van der Waals surface area contributed by atoms with Crippen molar-refractivity contribution in [2.45, 2.75) is 51.7 Å². The molecule has 5 atom stereocenters. The Kier molecular flexibility index (Phi) is 4.45. The van der Waals surface area contributed by atoms with Gasteiger partial charge in [0, 0.05) is 19.0 Å². The smallest absolute Gasteiger partial charge is 0.310 e. The highest BCUT2D eigenvalue weighted by atomic mass is 16.6. The molecule has 0 unspecified atom stereocenters. The van der Waals surface area contributed by atoms with Crippen LogP contribution in [0.4, 0.5) is 0 Å². The maximum Gasteiger partial charge on any atom is 0.310 e. The fourth-order valence-electron chi connectivity index (χ4n) is 5.46. The number of benzene rings is 1. The molecule has 3 nitrogen and oxygen atoms in total. The van der Waals surface area contributed by atoms with E-state index >= 15 is 0 Å². The van der Waals surface area contributed by atoms with E-state index in [0.29, 0.717) is 18.4 Å².